The SMILES string of the molecule is CCCn1cc(N)cc1C(=O)Nc1ccc(Br)nc1. The Hall–Kier alpha value is -1.82. The summed E-state index contributed by atoms with van der Waals surface area (Å²) in [6.45, 7) is 2.81. The van der Waals surface area contributed by atoms with Crippen LogP contribution in [0.1, 0.15) is 23.8 Å². The largest absolute Gasteiger partial charge is 0.397 e. The second kappa shape index (κ2) is 5.88. The molecule has 0 fully saturated rings. The molecule has 0 saturated heterocycles. The zero-order valence-electron chi connectivity index (χ0n) is 10.6. The lowest BCUT2D eigenvalue weighted by atomic mass is 10.3. The zero-order chi connectivity index (χ0) is 13.8. The summed E-state index contributed by atoms with van der Waals surface area (Å²) in [6, 6.07) is 5.23. The predicted octanol–water partition coefficient (Wildman–Crippen LogP) is 2.89. The molecular weight excluding hydrogens is 308 g/mol. The molecule has 0 bridgehead atoms. The van der Waals surface area contributed by atoms with Gasteiger partial charge in [-0.2, -0.15) is 0 Å². The van der Waals surface area contributed by atoms with E-state index in [0.29, 0.717) is 17.1 Å². The molecule has 0 atom stereocenters. The van der Waals surface area contributed by atoms with E-state index in [-0.39, 0.29) is 5.91 Å². The molecule has 0 radical (unpaired) electrons. The summed E-state index contributed by atoms with van der Waals surface area (Å²) in [6.07, 6.45) is 4.31. The first-order chi connectivity index (χ1) is 9.10. The van der Waals surface area contributed by atoms with Crippen LogP contribution in [-0.2, 0) is 6.54 Å². The van der Waals surface area contributed by atoms with E-state index in [1.807, 2.05) is 4.57 Å². The molecule has 1 amide bonds. The summed E-state index contributed by atoms with van der Waals surface area (Å²) in [5.41, 5.74) is 7.54. The maximum absolute atomic E-state index is 12.2. The Labute approximate surface area is 120 Å². The fourth-order valence-electron chi connectivity index (χ4n) is 1.79. The van der Waals surface area contributed by atoms with Gasteiger partial charge in [-0.1, -0.05) is 6.92 Å². The smallest absolute Gasteiger partial charge is 0.272 e. The van der Waals surface area contributed by atoms with Crippen LogP contribution in [0.4, 0.5) is 11.4 Å². The van der Waals surface area contributed by atoms with Gasteiger partial charge in [0, 0.05) is 12.7 Å². The highest BCUT2D eigenvalue weighted by Gasteiger charge is 2.12. The molecule has 100 valence electrons. The predicted molar refractivity (Wildman–Crippen MR) is 79.0 cm³/mol. The van der Waals surface area contributed by atoms with Crippen LogP contribution in [-0.4, -0.2) is 15.5 Å². The Balaban J connectivity index is 2.17. The van der Waals surface area contributed by atoms with Crippen LogP contribution in [0.25, 0.3) is 0 Å². The molecule has 0 unspecified atom stereocenters. The first-order valence-electron chi connectivity index (χ1n) is 5.98. The van der Waals surface area contributed by atoms with Crippen molar-refractivity contribution in [3.8, 4) is 0 Å². The Kier molecular flexibility index (Phi) is 4.21. The molecule has 0 aliphatic carbocycles. The van der Waals surface area contributed by atoms with Crippen LogP contribution in [0, 0.1) is 0 Å². The standard InChI is InChI=1S/C13H15BrN4O/c1-2-5-18-8-9(15)6-11(18)13(19)17-10-3-4-12(14)16-7-10/h3-4,6-8H,2,5,15H2,1H3,(H,17,19). The van der Waals surface area contributed by atoms with Crippen molar-refractivity contribution < 1.29 is 4.79 Å². The maximum atomic E-state index is 12.2. The highest BCUT2D eigenvalue weighted by atomic mass is 79.9. The number of pyridine rings is 1. The van der Waals surface area contributed by atoms with Crippen molar-refractivity contribution in [2.45, 2.75) is 19.9 Å². The molecule has 5 nitrogen and oxygen atoms in total. The molecule has 3 N–H and O–H groups in total. The summed E-state index contributed by atoms with van der Waals surface area (Å²) in [4.78, 5) is 16.2. The van der Waals surface area contributed by atoms with Gasteiger partial charge in [0.25, 0.3) is 5.91 Å². The van der Waals surface area contributed by atoms with Crippen LogP contribution >= 0.6 is 15.9 Å². The van der Waals surface area contributed by atoms with Gasteiger partial charge in [-0.15, -0.1) is 0 Å². The molecule has 0 aliphatic heterocycles. The van der Waals surface area contributed by atoms with Gasteiger partial charge in [-0.3, -0.25) is 4.79 Å². The number of carbonyl (C=O) groups excluding carboxylic acids is 1. The van der Waals surface area contributed by atoms with E-state index < -0.39 is 0 Å². The normalized spacial score (nSPS) is 10.4. The second-order valence-corrected chi connectivity index (χ2v) is 4.99. The van der Waals surface area contributed by atoms with E-state index in [1.54, 1.807) is 30.6 Å². The summed E-state index contributed by atoms with van der Waals surface area (Å²) in [5, 5.41) is 2.80. The van der Waals surface area contributed by atoms with E-state index in [4.69, 9.17) is 5.73 Å². The van der Waals surface area contributed by atoms with Gasteiger partial charge in [-0.25, -0.2) is 4.98 Å². The number of aromatic nitrogens is 2. The Morgan fingerprint density at radius 3 is 2.95 bits per heavy atom. The van der Waals surface area contributed by atoms with Crippen molar-refractivity contribution in [2.75, 3.05) is 11.1 Å². The van der Waals surface area contributed by atoms with Gasteiger partial charge >= 0.3 is 0 Å². The van der Waals surface area contributed by atoms with Crippen molar-refractivity contribution in [2.24, 2.45) is 0 Å². The van der Waals surface area contributed by atoms with Crippen LogP contribution in [0.2, 0.25) is 0 Å². The Morgan fingerprint density at radius 2 is 2.32 bits per heavy atom. The molecule has 2 aromatic heterocycles. The number of nitrogens with two attached hydrogens (primary N) is 1. The zero-order valence-corrected chi connectivity index (χ0v) is 12.1. The average molecular weight is 323 g/mol. The molecule has 2 heterocycles. The first-order valence-corrected chi connectivity index (χ1v) is 6.78. The fourth-order valence-corrected chi connectivity index (χ4v) is 2.03. The Bertz CT molecular complexity index is 577. The van der Waals surface area contributed by atoms with Gasteiger partial charge in [0.15, 0.2) is 0 Å². The molecule has 0 aliphatic rings. The van der Waals surface area contributed by atoms with Crippen molar-refractivity contribution in [1.29, 1.82) is 0 Å². The number of aryl methyl sites for hydroxylation is 1. The van der Waals surface area contributed by atoms with E-state index in [0.717, 1.165) is 17.6 Å². The molecule has 19 heavy (non-hydrogen) atoms. The fraction of sp³-hybridized carbons (Fsp3) is 0.231. The van der Waals surface area contributed by atoms with Crippen LogP contribution < -0.4 is 11.1 Å². The van der Waals surface area contributed by atoms with Crippen molar-refractivity contribution >= 4 is 33.2 Å². The highest BCUT2D eigenvalue weighted by molar-refractivity contribution is 9.10. The van der Waals surface area contributed by atoms with Gasteiger partial charge in [-0.05, 0) is 40.5 Å². The number of halogens is 1. The van der Waals surface area contributed by atoms with E-state index in [2.05, 4.69) is 33.2 Å². The summed E-state index contributed by atoms with van der Waals surface area (Å²) in [5.74, 6) is -0.186. The van der Waals surface area contributed by atoms with Gasteiger partial charge in [0.2, 0.25) is 0 Å². The number of rotatable bonds is 4. The number of amides is 1. The molecule has 0 saturated carbocycles. The number of nitrogen functional groups attached to an aromatic ring is 1. The molecular formula is C13H15BrN4O. The van der Waals surface area contributed by atoms with Crippen LogP contribution in [0.15, 0.2) is 35.2 Å². The number of carbonyl (C=O) groups is 1. The van der Waals surface area contributed by atoms with Crippen molar-refractivity contribution in [3.63, 3.8) is 0 Å². The third-order valence-corrected chi connectivity index (χ3v) is 3.07. The molecule has 2 rings (SSSR count). The third-order valence-electron chi connectivity index (χ3n) is 2.60. The maximum Gasteiger partial charge on any atom is 0.272 e. The van der Waals surface area contributed by atoms with E-state index in [9.17, 15) is 4.79 Å². The lowest BCUT2D eigenvalue weighted by molar-refractivity contribution is 0.101. The number of nitrogens with zero attached hydrogens (tertiary/aromatic N) is 2. The third kappa shape index (κ3) is 3.35. The molecule has 6 heteroatoms. The topological polar surface area (TPSA) is 72.9 Å². The van der Waals surface area contributed by atoms with Gasteiger partial charge in [0.1, 0.15) is 10.3 Å². The lowest BCUT2D eigenvalue weighted by Crippen LogP contribution is -2.16. The number of hydrogen-bond acceptors (Lipinski definition) is 3. The van der Waals surface area contributed by atoms with E-state index in [1.165, 1.54) is 0 Å². The lowest BCUT2D eigenvalue weighted by Gasteiger charge is -2.08. The number of anilines is 2. The van der Waals surface area contributed by atoms with Gasteiger partial charge in [0.05, 0.1) is 17.6 Å². The summed E-state index contributed by atoms with van der Waals surface area (Å²) < 4.78 is 2.58. The van der Waals surface area contributed by atoms with Crippen molar-refractivity contribution in [3.05, 3.63) is 40.9 Å². The summed E-state index contributed by atoms with van der Waals surface area (Å²) >= 11 is 3.25. The summed E-state index contributed by atoms with van der Waals surface area (Å²) in [7, 11) is 0. The monoisotopic (exact) mass is 322 g/mol. The Morgan fingerprint density at radius 1 is 1.53 bits per heavy atom. The first kappa shape index (κ1) is 13.6. The minimum atomic E-state index is -0.186. The van der Waals surface area contributed by atoms with Crippen LogP contribution in [0.5, 0.6) is 0 Å². The molecule has 0 spiro atoms. The molecule has 0 aromatic carbocycles. The van der Waals surface area contributed by atoms with Crippen molar-refractivity contribution in [1.82, 2.24) is 9.55 Å². The second-order valence-electron chi connectivity index (χ2n) is 4.18. The molecule has 2 aromatic rings. The van der Waals surface area contributed by atoms with Gasteiger partial charge < -0.3 is 15.6 Å². The minimum absolute atomic E-state index is 0.186. The van der Waals surface area contributed by atoms with Crippen LogP contribution in [0.3, 0.4) is 0 Å². The quantitative estimate of drug-likeness (QED) is 0.850. The van der Waals surface area contributed by atoms with E-state index >= 15 is 0 Å². The number of hydrogen-bond donors (Lipinski definition) is 2. The minimum Gasteiger partial charge on any atom is -0.397 e. The highest BCUT2D eigenvalue weighted by Crippen LogP contribution is 2.15. The number of nitrogens with one attached hydrogen (secondary N) is 1. The average Bonchev–Trinajstić information content (AvgIpc) is 2.74.